The lowest BCUT2D eigenvalue weighted by molar-refractivity contribution is -0.118. The Kier molecular flexibility index (Phi) is 4.50. The summed E-state index contributed by atoms with van der Waals surface area (Å²) < 4.78 is 0. The zero-order chi connectivity index (χ0) is 12.9. The van der Waals surface area contributed by atoms with Gasteiger partial charge in [-0.2, -0.15) is 0 Å². The largest absolute Gasteiger partial charge is 0.348 e. The van der Waals surface area contributed by atoms with Gasteiger partial charge in [-0.25, -0.2) is 0 Å². The van der Waals surface area contributed by atoms with Crippen LogP contribution in [0.4, 0.5) is 0 Å². The van der Waals surface area contributed by atoms with Crippen molar-refractivity contribution in [3.8, 4) is 0 Å². The quantitative estimate of drug-likeness (QED) is 0.794. The van der Waals surface area contributed by atoms with Crippen LogP contribution in [0.5, 0.6) is 0 Å². The highest BCUT2D eigenvalue weighted by Crippen LogP contribution is 2.11. The summed E-state index contributed by atoms with van der Waals surface area (Å²) >= 11 is 0. The number of carbonyl (C=O) groups excluding carboxylic acids is 1. The number of carbonyl (C=O) groups is 1. The molecule has 1 rings (SSSR count). The topological polar surface area (TPSA) is 29.1 Å². The molecule has 0 saturated heterocycles. The first-order valence-electron chi connectivity index (χ1n) is 6.00. The summed E-state index contributed by atoms with van der Waals surface area (Å²) in [6, 6.07) is 9.92. The average molecular weight is 231 g/mol. The first kappa shape index (κ1) is 13.5. The Labute approximate surface area is 104 Å². The Morgan fingerprint density at radius 1 is 1.24 bits per heavy atom. The molecular formula is C15H21NO. The van der Waals surface area contributed by atoms with Crippen molar-refractivity contribution in [3.05, 3.63) is 41.5 Å². The molecule has 17 heavy (non-hydrogen) atoms. The molecule has 0 bridgehead atoms. The molecular weight excluding hydrogens is 210 g/mol. The van der Waals surface area contributed by atoms with Gasteiger partial charge in [-0.05, 0) is 38.8 Å². The van der Waals surface area contributed by atoms with E-state index in [9.17, 15) is 4.79 Å². The normalized spacial score (nSPS) is 12.4. The highest BCUT2D eigenvalue weighted by atomic mass is 16.1. The second-order valence-corrected chi connectivity index (χ2v) is 5.14. The molecule has 0 aliphatic carbocycles. The third kappa shape index (κ3) is 4.85. The predicted octanol–water partition coefficient (Wildman–Crippen LogP) is 3.39. The van der Waals surface area contributed by atoms with Crippen LogP contribution in [0.1, 0.15) is 39.7 Å². The van der Waals surface area contributed by atoms with Crippen molar-refractivity contribution >= 4 is 12.0 Å². The van der Waals surface area contributed by atoms with E-state index in [2.05, 4.69) is 5.32 Å². The second kappa shape index (κ2) is 5.67. The lowest BCUT2D eigenvalue weighted by atomic mass is 10.0. The standard InChI is InChI=1S/C15H21NO/c1-5-13(14(17)16-15(2,3)4)11-12-9-7-6-8-10-12/h6-11H,5H2,1-4H3,(H,16,17)/b13-11-. The maximum absolute atomic E-state index is 12.0. The minimum absolute atomic E-state index is 0.0175. The summed E-state index contributed by atoms with van der Waals surface area (Å²) in [7, 11) is 0. The monoisotopic (exact) mass is 231 g/mol. The summed E-state index contributed by atoms with van der Waals surface area (Å²) in [5, 5.41) is 2.98. The Bertz CT molecular complexity index is 399. The van der Waals surface area contributed by atoms with Gasteiger partial charge in [-0.3, -0.25) is 4.79 Å². The van der Waals surface area contributed by atoms with E-state index in [4.69, 9.17) is 0 Å². The van der Waals surface area contributed by atoms with E-state index < -0.39 is 0 Å². The van der Waals surface area contributed by atoms with Crippen molar-refractivity contribution in [2.45, 2.75) is 39.7 Å². The molecule has 0 spiro atoms. The Hall–Kier alpha value is -1.57. The molecule has 1 aromatic rings. The number of rotatable bonds is 3. The van der Waals surface area contributed by atoms with E-state index in [1.807, 2.05) is 64.1 Å². The Balaban J connectivity index is 2.85. The average Bonchev–Trinajstić information content (AvgIpc) is 2.24. The maximum Gasteiger partial charge on any atom is 0.247 e. The molecule has 0 atom stereocenters. The molecule has 0 aliphatic heterocycles. The third-order valence-corrected chi connectivity index (χ3v) is 2.30. The van der Waals surface area contributed by atoms with Crippen LogP contribution in [-0.4, -0.2) is 11.4 Å². The molecule has 0 saturated carbocycles. The molecule has 92 valence electrons. The van der Waals surface area contributed by atoms with Gasteiger partial charge in [0.2, 0.25) is 5.91 Å². The summed E-state index contributed by atoms with van der Waals surface area (Å²) in [6.45, 7) is 7.96. The van der Waals surface area contributed by atoms with E-state index in [1.165, 1.54) is 0 Å². The molecule has 0 heterocycles. The lowest BCUT2D eigenvalue weighted by Crippen LogP contribution is -2.41. The van der Waals surface area contributed by atoms with Crippen molar-refractivity contribution in [3.63, 3.8) is 0 Å². The fraction of sp³-hybridized carbons (Fsp3) is 0.400. The van der Waals surface area contributed by atoms with E-state index in [0.717, 1.165) is 17.6 Å². The molecule has 2 heteroatoms. The number of benzene rings is 1. The van der Waals surface area contributed by atoms with Gasteiger partial charge in [-0.15, -0.1) is 0 Å². The lowest BCUT2D eigenvalue weighted by Gasteiger charge is -2.21. The van der Waals surface area contributed by atoms with Gasteiger partial charge in [0.05, 0.1) is 0 Å². The number of hydrogen-bond donors (Lipinski definition) is 1. The zero-order valence-electron chi connectivity index (χ0n) is 11.1. The fourth-order valence-electron chi connectivity index (χ4n) is 1.50. The van der Waals surface area contributed by atoms with Gasteiger partial charge >= 0.3 is 0 Å². The van der Waals surface area contributed by atoms with Gasteiger partial charge in [0, 0.05) is 11.1 Å². The highest BCUT2D eigenvalue weighted by Gasteiger charge is 2.15. The van der Waals surface area contributed by atoms with Gasteiger partial charge in [0.15, 0.2) is 0 Å². The van der Waals surface area contributed by atoms with Gasteiger partial charge < -0.3 is 5.32 Å². The van der Waals surface area contributed by atoms with Crippen molar-refractivity contribution in [2.75, 3.05) is 0 Å². The smallest absolute Gasteiger partial charge is 0.247 e. The van der Waals surface area contributed by atoms with Gasteiger partial charge in [0.1, 0.15) is 0 Å². The van der Waals surface area contributed by atoms with Crippen LogP contribution in [0.2, 0.25) is 0 Å². The fourth-order valence-corrected chi connectivity index (χ4v) is 1.50. The van der Waals surface area contributed by atoms with Crippen LogP contribution in [-0.2, 0) is 4.79 Å². The molecule has 0 fully saturated rings. The van der Waals surface area contributed by atoms with Crippen LogP contribution >= 0.6 is 0 Å². The van der Waals surface area contributed by atoms with Gasteiger partial charge in [-0.1, -0.05) is 37.3 Å². The van der Waals surface area contributed by atoms with Crippen molar-refractivity contribution in [1.29, 1.82) is 0 Å². The minimum atomic E-state index is -0.192. The predicted molar refractivity (Wildman–Crippen MR) is 72.6 cm³/mol. The number of amides is 1. The summed E-state index contributed by atoms with van der Waals surface area (Å²) in [6.07, 6.45) is 2.68. The summed E-state index contributed by atoms with van der Waals surface area (Å²) in [4.78, 5) is 12.0. The number of hydrogen-bond acceptors (Lipinski definition) is 1. The van der Waals surface area contributed by atoms with E-state index in [-0.39, 0.29) is 11.4 Å². The van der Waals surface area contributed by atoms with E-state index in [1.54, 1.807) is 0 Å². The van der Waals surface area contributed by atoms with Crippen LogP contribution in [0, 0.1) is 0 Å². The summed E-state index contributed by atoms with van der Waals surface area (Å²) in [5.41, 5.74) is 1.68. The van der Waals surface area contributed by atoms with Gasteiger partial charge in [0.25, 0.3) is 0 Å². The van der Waals surface area contributed by atoms with E-state index >= 15 is 0 Å². The van der Waals surface area contributed by atoms with Crippen LogP contribution in [0.3, 0.4) is 0 Å². The first-order valence-corrected chi connectivity index (χ1v) is 6.00. The first-order chi connectivity index (χ1) is 7.92. The second-order valence-electron chi connectivity index (χ2n) is 5.14. The molecule has 0 unspecified atom stereocenters. The molecule has 1 N–H and O–H groups in total. The highest BCUT2D eigenvalue weighted by molar-refractivity contribution is 5.98. The van der Waals surface area contributed by atoms with Crippen molar-refractivity contribution in [2.24, 2.45) is 0 Å². The molecule has 1 aromatic carbocycles. The summed E-state index contributed by atoms with van der Waals surface area (Å²) in [5.74, 6) is 0.0175. The van der Waals surface area contributed by atoms with Crippen LogP contribution < -0.4 is 5.32 Å². The Morgan fingerprint density at radius 2 is 1.82 bits per heavy atom. The zero-order valence-corrected chi connectivity index (χ0v) is 11.1. The van der Waals surface area contributed by atoms with Crippen molar-refractivity contribution in [1.82, 2.24) is 5.32 Å². The maximum atomic E-state index is 12.0. The minimum Gasteiger partial charge on any atom is -0.348 e. The molecule has 2 nitrogen and oxygen atoms in total. The molecule has 1 amide bonds. The third-order valence-electron chi connectivity index (χ3n) is 2.30. The number of nitrogens with one attached hydrogen (secondary N) is 1. The molecule has 0 radical (unpaired) electrons. The Morgan fingerprint density at radius 3 is 2.29 bits per heavy atom. The van der Waals surface area contributed by atoms with E-state index in [0.29, 0.717) is 0 Å². The van der Waals surface area contributed by atoms with Crippen LogP contribution in [0.15, 0.2) is 35.9 Å². The SMILES string of the molecule is CC/C(=C/c1ccccc1)C(=O)NC(C)(C)C. The van der Waals surface area contributed by atoms with Crippen molar-refractivity contribution < 1.29 is 4.79 Å². The van der Waals surface area contributed by atoms with Crippen LogP contribution in [0.25, 0.3) is 6.08 Å². The molecule has 0 aromatic heterocycles. The molecule has 0 aliphatic rings.